The van der Waals surface area contributed by atoms with E-state index < -0.39 is 23.4 Å². The number of nitrogens with two attached hydrogens (primary N) is 1. The fraction of sp³-hybridized carbons (Fsp3) is 0.143. The minimum Gasteiger partial charge on any atom is -0.326 e. The van der Waals surface area contributed by atoms with Crippen LogP contribution >= 0.6 is 12.4 Å². The van der Waals surface area contributed by atoms with E-state index >= 15 is 0 Å². The molecule has 1 nitrogen and oxygen atoms in total. The predicted molar refractivity (Wildman–Crippen MR) is 71.9 cm³/mol. The molecule has 2 N–H and O–H groups in total. The van der Waals surface area contributed by atoms with Crippen molar-refractivity contribution in [2.24, 2.45) is 5.73 Å². The number of alkyl halides is 3. The molecule has 0 aliphatic rings. The molecule has 2 rings (SSSR count). The molecule has 0 unspecified atom stereocenters. The van der Waals surface area contributed by atoms with Crippen LogP contribution in [0.3, 0.4) is 0 Å². The van der Waals surface area contributed by atoms with Crippen LogP contribution < -0.4 is 5.73 Å². The molecule has 21 heavy (non-hydrogen) atoms. The Bertz CT molecular complexity index is 619. The van der Waals surface area contributed by atoms with Crippen LogP contribution in [0.15, 0.2) is 36.4 Å². The van der Waals surface area contributed by atoms with Crippen molar-refractivity contribution < 1.29 is 22.0 Å². The van der Waals surface area contributed by atoms with Gasteiger partial charge in [-0.05, 0) is 34.9 Å². The number of halogens is 6. The normalized spacial score (nSPS) is 11.1. The molecule has 114 valence electrons. The molecular weight excluding hydrogens is 313 g/mol. The van der Waals surface area contributed by atoms with E-state index in [9.17, 15) is 22.0 Å². The van der Waals surface area contributed by atoms with Gasteiger partial charge >= 0.3 is 6.18 Å². The van der Waals surface area contributed by atoms with Crippen LogP contribution in [-0.4, -0.2) is 0 Å². The Morgan fingerprint density at radius 3 is 1.90 bits per heavy atom. The summed E-state index contributed by atoms with van der Waals surface area (Å²) in [6.45, 7) is -0.271. The highest BCUT2D eigenvalue weighted by Gasteiger charge is 2.33. The van der Waals surface area contributed by atoms with Crippen molar-refractivity contribution in [2.75, 3.05) is 0 Å². The second-order valence-corrected chi connectivity index (χ2v) is 4.23. The van der Waals surface area contributed by atoms with Crippen LogP contribution in [0.5, 0.6) is 0 Å². The highest BCUT2D eigenvalue weighted by Crippen LogP contribution is 2.35. The zero-order chi connectivity index (χ0) is 14.9. The lowest BCUT2D eigenvalue weighted by Gasteiger charge is -2.13. The molecule has 0 bridgehead atoms. The summed E-state index contributed by atoms with van der Waals surface area (Å²) in [6, 6.07) is 6.01. The largest absolute Gasteiger partial charge is 0.416 e. The SMILES string of the molecule is Cl.NCc1ccc(-c2cc(F)cc(F)c2)cc1C(F)(F)F. The monoisotopic (exact) mass is 323 g/mol. The number of hydrogen-bond acceptors (Lipinski definition) is 1. The van der Waals surface area contributed by atoms with Gasteiger partial charge < -0.3 is 5.73 Å². The Balaban J connectivity index is 0.00000220. The van der Waals surface area contributed by atoms with Gasteiger partial charge in [0.15, 0.2) is 0 Å². The maximum Gasteiger partial charge on any atom is 0.416 e. The average Bonchev–Trinajstić information content (AvgIpc) is 2.35. The maximum absolute atomic E-state index is 13.1. The number of benzene rings is 2. The van der Waals surface area contributed by atoms with Gasteiger partial charge in [0, 0.05) is 12.6 Å². The highest BCUT2D eigenvalue weighted by molar-refractivity contribution is 5.85. The molecule has 7 heteroatoms. The first-order valence-electron chi connectivity index (χ1n) is 5.68. The van der Waals surface area contributed by atoms with Gasteiger partial charge in [0.05, 0.1) is 5.56 Å². The first-order chi connectivity index (χ1) is 9.31. The molecule has 0 heterocycles. The van der Waals surface area contributed by atoms with Gasteiger partial charge in [0.1, 0.15) is 11.6 Å². The van der Waals surface area contributed by atoms with Gasteiger partial charge in [-0.3, -0.25) is 0 Å². The van der Waals surface area contributed by atoms with E-state index in [1.165, 1.54) is 12.1 Å². The van der Waals surface area contributed by atoms with Crippen LogP contribution in [-0.2, 0) is 12.7 Å². The topological polar surface area (TPSA) is 26.0 Å². The number of rotatable bonds is 2. The lowest BCUT2D eigenvalue weighted by atomic mass is 9.98. The van der Waals surface area contributed by atoms with E-state index in [4.69, 9.17) is 5.73 Å². The molecule has 0 fully saturated rings. The molecule has 0 amide bonds. The Labute approximate surface area is 124 Å². The van der Waals surface area contributed by atoms with Gasteiger partial charge in [-0.25, -0.2) is 8.78 Å². The van der Waals surface area contributed by atoms with Crippen LogP contribution in [0.4, 0.5) is 22.0 Å². The fourth-order valence-electron chi connectivity index (χ4n) is 1.92. The van der Waals surface area contributed by atoms with Crippen molar-refractivity contribution in [1.82, 2.24) is 0 Å². The minimum atomic E-state index is -4.57. The molecule has 2 aromatic carbocycles. The van der Waals surface area contributed by atoms with Crippen molar-refractivity contribution in [3.05, 3.63) is 59.2 Å². The van der Waals surface area contributed by atoms with Gasteiger partial charge in [0.25, 0.3) is 0 Å². The lowest BCUT2D eigenvalue weighted by molar-refractivity contribution is -0.138. The molecule has 0 aliphatic heterocycles. The zero-order valence-corrected chi connectivity index (χ0v) is 11.4. The Morgan fingerprint density at radius 2 is 1.43 bits per heavy atom. The van der Waals surface area contributed by atoms with Crippen LogP contribution in [0, 0.1) is 11.6 Å². The van der Waals surface area contributed by atoms with Crippen molar-refractivity contribution in [3.63, 3.8) is 0 Å². The molecule has 0 radical (unpaired) electrons. The van der Waals surface area contributed by atoms with Crippen LogP contribution in [0.25, 0.3) is 11.1 Å². The Morgan fingerprint density at radius 1 is 0.857 bits per heavy atom. The minimum absolute atomic E-state index is 0. The van der Waals surface area contributed by atoms with Gasteiger partial charge in [0.2, 0.25) is 0 Å². The molecule has 0 saturated carbocycles. The summed E-state index contributed by atoms with van der Waals surface area (Å²) in [7, 11) is 0. The quantitative estimate of drug-likeness (QED) is 0.807. The lowest BCUT2D eigenvalue weighted by Crippen LogP contribution is -2.12. The third-order valence-electron chi connectivity index (χ3n) is 2.83. The molecule has 0 aromatic heterocycles. The van der Waals surface area contributed by atoms with E-state index in [0.29, 0.717) is 6.07 Å². The number of hydrogen-bond donors (Lipinski definition) is 1. The van der Waals surface area contributed by atoms with Crippen molar-refractivity contribution in [2.45, 2.75) is 12.7 Å². The van der Waals surface area contributed by atoms with Gasteiger partial charge in [-0.1, -0.05) is 12.1 Å². The first-order valence-corrected chi connectivity index (χ1v) is 5.68. The maximum atomic E-state index is 13.1. The third-order valence-corrected chi connectivity index (χ3v) is 2.83. The van der Waals surface area contributed by atoms with Crippen LogP contribution in [0.2, 0.25) is 0 Å². The second-order valence-electron chi connectivity index (χ2n) is 4.23. The van der Waals surface area contributed by atoms with Crippen molar-refractivity contribution in [1.29, 1.82) is 0 Å². The summed E-state index contributed by atoms with van der Waals surface area (Å²) in [6.07, 6.45) is -4.57. The second kappa shape index (κ2) is 6.41. The molecule has 0 aliphatic carbocycles. The van der Waals surface area contributed by atoms with Gasteiger partial charge in [-0.2, -0.15) is 13.2 Å². The Kier molecular flexibility index (Phi) is 5.31. The van der Waals surface area contributed by atoms with E-state index in [1.807, 2.05) is 0 Å². The zero-order valence-electron chi connectivity index (χ0n) is 10.5. The van der Waals surface area contributed by atoms with Gasteiger partial charge in [-0.15, -0.1) is 12.4 Å². The molecule has 2 aromatic rings. The fourth-order valence-corrected chi connectivity index (χ4v) is 1.92. The van der Waals surface area contributed by atoms with E-state index in [1.54, 1.807) is 0 Å². The standard InChI is InChI=1S/C14H10F5N.ClH/c15-11-3-10(4-12(16)6-11)8-1-2-9(7-20)13(5-8)14(17,18)19;/h1-6H,7,20H2;1H. The molecule has 0 spiro atoms. The van der Waals surface area contributed by atoms with Crippen molar-refractivity contribution >= 4 is 12.4 Å². The molecule has 0 saturated heterocycles. The smallest absolute Gasteiger partial charge is 0.326 e. The predicted octanol–water partition coefficient (Wildman–Crippen LogP) is 4.53. The summed E-state index contributed by atoms with van der Waals surface area (Å²) >= 11 is 0. The molecule has 0 atom stereocenters. The summed E-state index contributed by atoms with van der Waals surface area (Å²) in [5, 5.41) is 0. The summed E-state index contributed by atoms with van der Waals surface area (Å²) in [5.74, 6) is -1.70. The highest BCUT2D eigenvalue weighted by atomic mass is 35.5. The summed E-state index contributed by atoms with van der Waals surface area (Å²) in [4.78, 5) is 0. The van der Waals surface area contributed by atoms with E-state index in [0.717, 1.165) is 18.2 Å². The van der Waals surface area contributed by atoms with Crippen molar-refractivity contribution in [3.8, 4) is 11.1 Å². The van der Waals surface area contributed by atoms with Crippen LogP contribution in [0.1, 0.15) is 11.1 Å². The third kappa shape index (κ3) is 3.92. The summed E-state index contributed by atoms with van der Waals surface area (Å²) in [5.41, 5.74) is 4.41. The van der Waals surface area contributed by atoms with E-state index in [-0.39, 0.29) is 35.6 Å². The van der Waals surface area contributed by atoms with E-state index in [2.05, 4.69) is 0 Å². The summed E-state index contributed by atoms with van der Waals surface area (Å²) < 4.78 is 64.9. The average molecular weight is 324 g/mol. The molecular formula is C14H11ClF5N. The Hall–Kier alpha value is -1.66. The first kappa shape index (κ1) is 17.4.